The maximum Gasteiger partial charge on any atom is 0.414 e. The Morgan fingerprint density at radius 1 is 1.32 bits per heavy atom. The normalized spacial score (nSPS) is 26.2. The highest BCUT2D eigenvalue weighted by molar-refractivity contribution is 5.90. The summed E-state index contributed by atoms with van der Waals surface area (Å²) in [6.45, 7) is 6.26. The number of cyclic esters (lactones) is 1. The number of methoxy groups -OCH3 is 1. The Morgan fingerprint density at radius 3 is 2.90 bits per heavy atom. The summed E-state index contributed by atoms with van der Waals surface area (Å²) in [6.07, 6.45) is 1.36. The molecular formula is C22H31FN4O4. The molecule has 31 heavy (non-hydrogen) atoms. The standard InChI is InChI=1S/C22H31FN4O4/c1-15(28)24-11-18-13-27(22(29)31-18)17-5-6-20(19(23)10-17)26-12-16-4-3-7-25(8-9-30-2)21(16)14-26/h5-6,10,16,18,21H,3-4,7-9,11-14H2,1-2H3,(H,24,28)/t16-,18+,21+/m1/s1. The average molecular weight is 435 g/mol. The molecule has 1 aromatic rings. The molecule has 8 nitrogen and oxygen atoms in total. The monoisotopic (exact) mass is 434 g/mol. The smallest absolute Gasteiger partial charge is 0.414 e. The first-order valence-electron chi connectivity index (χ1n) is 11.0. The van der Waals surface area contributed by atoms with Crippen molar-refractivity contribution in [2.24, 2.45) is 5.92 Å². The molecular weight excluding hydrogens is 403 g/mol. The van der Waals surface area contributed by atoms with Crippen LogP contribution in [0.1, 0.15) is 19.8 Å². The van der Waals surface area contributed by atoms with Gasteiger partial charge >= 0.3 is 6.09 Å². The van der Waals surface area contributed by atoms with Gasteiger partial charge < -0.3 is 19.7 Å². The lowest BCUT2D eigenvalue weighted by Crippen LogP contribution is -2.46. The molecule has 3 saturated heterocycles. The lowest BCUT2D eigenvalue weighted by Gasteiger charge is -2.36. The van der Waals surface area contributed by atoms with Crippen LogP contribution in [0, 0.1) is 11.7 Å². The number of hydrogen-bond donors (Lipinski definition) is 1. The van der Waals surface area contributed by atoms with Gasteiger partial charge in [-0.05, 0) is 43.5 Å². The van der Waals surface area contributed by atoms with Crippen LogP contribution < -0.4 is 15.1 Å². The highest BCUT2D eigenvalue weighted by Gasteiger charge is 2.40. The molecule has 2 amide bonds. The first-order chi connectivity index (χ1) is 15.0. The number of halogens is 1. The highest BCUT2D eigenvalue weighted by Crippen LogP contribution is 2.35. The summed E-state index contributed by atoms with van der Waals surface area (Å²) in [5.74, 6) is 0.0161. The number of nitrogens with one attached hydrogen (secondary N) is 1. The van der Waals surface area contributed by atoms with Gasteiger partial charge in [-0.25, -0.2) is 9.18 Å². The average Bonchev–Trinajstić information content (AvgIpc) is 3.34. The Bertz CT molecular complexity index is 823. The van der Waals surface area contributed by atoms with E-state index in [1.165, 1.54) is 24.3 Å². The number of anilines is 2. The molecule has 9 heteroatoms. The second-order valence-corrected chi connectivity index (χ2v) is 8.59. The van der Waals surface area contributed by atoms with Crippen LogP contribution in [-0.2, 0) is 14.3 Å². The number of likely N-dealkylation sites (tertiary alicyclic amines) is 1. The first-order valence-corrected chi connectivity index (χ1v) is 11.0. The van der Waals surface area contributed by atoms with Gasteiger partial charge in [-0.15, -0.1) is 0 Å². The molecule has 3 heterocycles. The number of benzene rings is 1. The number of hydrogen-bond acceptors (Lipinski definition) is 6. The van der Waals surface area contributed by atoms with Crippen molar-refractivity contribution >= 4 is 23.4 Å². The number of carbonyl (C=O) groups is 2. The zero-order valence-corrected chi connectivity index (χ0v) is 18.2. The molecule has 4 rings (SSSR count). The van der Waals surface area contributed by atoms with Gasteiger partial charge in [0.1, 0.15) is 11.9 Å². The van der Waals surface area contributed by atoms with E-state index in [1.807, 2.05) is 0 Å². The van der Waals surface area contributed by atoms with Crippen LogP contribution >= 0.6 is 0 Å². The number of carbonyl (C=O) groups excluding carboxylic acids is 2. The summed E-state index contributed by atoms with van der Waals surface area (Å²) in [7, 11) is 1.72. The Morgan fingerprint density at radius 2 is 2.16 bits per heavy atom. The van der Waals surface area contributed by atoms with Gasteiger partial charge in [0.2, 0.25) is 5.91 Å². The molecule has 170 valence electrons. The fourth-order valence-electron chi connectivity index (χ4n) is 4.97. The molecule has 3 aliphatic heterocycles. The zero-order valence-electron chi connectivity index (χ0n) is 18.2. The Kier molecular flexibility index (Phi) is 6.62. The van der Waals surface area contributed by atoms with E-state index in [0.717, 1.165) is 32.6 Å². The van der Waals surface area contributed by atoms with Gasteiger partial charge in [0.25, 0.3) is 0 Å². The van der Waals surface area contributed by atoms with E-state index in [-0.39, 0.29) is 24.8 Å². The lowest BCUT2D eigenvalue weighted by atomic mass is 9.92. The molecule has 0 spiro atoms. The molecule has 0 aliphatic carbocycles. The maximum absolute atomic E-state index is 15.1. The summed E-state index contributed by atoms with van der Waals surface area (Å²) < 4.78 is 25.6. The van der Waals surface area contributed by atoms with Crippen LogP contribution in [-0.4, -0.2) is 82.0 Å². The number of amides is 2. The third-order valence-electron chi connectivity index (χ3n) is 6.51. The number of fused-ring (bicyclic) bond motifs is 1. The fourth-order valence-corrected chi connectivity index (χ4v) is 4.97. The van der Waals surface area contributed by atoms with E-state index in [2.05, 4.69) is 15.1 Å². The quantitative estimate of drug-likeness (QED) is 0.706. The van der Waals surface area contributed by atoms with E-state index < -0.39 is 12.2 Å². The molecule has 1 aromatic carbocycles. The number of ether oxygens (including phenoxy) is 2. The summed E-state index contributed by atoms with van der Waals surface area (Å²) in [6, 6.07) is 5.36. The largest absolute Gasteiger partial charge is 0.442 e. The molecule has 3 fully saturated rings. The molecule has 0 radical (unpaired) electrons. The Balaban J connectivity index is 1.42. The van der Waals surface area contributed by atoms with Crippen LogP contribution in [0.5, 0.6) is 0 Å². The van der Waals surface area contributed by atoms with E-state index >= 15 is 4.39 Å². The maximum atomic E-state index is 15.1. The van der Waals surface area contributed by atoms with Crippen LogP contribution in [0.4, 0.5) is 20.6 Å². The van der Waals surface area contributed by atoms with Gasteiger partial charge in [-0.1, -0.05) is 0 Å². The second-order valence-electron chi connectivity index (χ2n) is 8.59. The van der Waals surface area contributed by atoms with Gasteiger partial charge in [-0.2, -0.15) is 0 Å². The van der Waals surface area contributed by atoms with Gasteiger partial charge in [0, 0.05) is 39.7 Å². The minimum atomic E-state index is -0.525. The number of piperidine rings is 1. The van der Waals surface area contributed by atoms with Crippen LogP contribution in [0.2, 0.25) is 0 Å². The van der Waals surface area contributed by atoms with E-state index in [9.17, 15) is 9.59 Å². The van der Waals surface area contributed by atoms with Crippen LogP contribution in [0.3, 0.4) is 0 Å². The lowest BCUT2D eigenvalue weighted by molar-refractivity contribution is -0.119. The highest BCUT2D eigenvalue weighted by atomic mass is 19.1. The molecule has 3 atom stereocenters. The molecule has 0 bridgehead atoms. The zero-order chi connectivity index (χ0) is 22.0. The van der Waals surface area contributed by atoms with Crippen molar-refractivity contribution in [1.29, 1.82) is 0 Å². The van der Waals surface area contributed by atoms with Gasteiger partial charge in [-0.3, -0.25) is 14.6 Å². The Hall–Kier alpha value is -2.39. The van der Waals surface area contributed by atoms with Crippen molar-refractivity contribution < 1.29 is 23.5 Å². The number of rotatable bonds is 7. The van der Waals surface area contributed by atoms with Crippen LogP contribution in [0.15, 0.2) is 18.2 Å². The molecule has 3 aliphatic rings. The summed E-state index contributed by atoms with van der Waals surface area (Å²) in [4.78, 5) is 29.3. The second kappa shape index (κ2) is 9.40. The minimum Gasteiger partial charge on any atom is -0.442 e. The minimum absolute atomic E-state index is 0.183. The number of nitrogens with zero attached hydrogens (tertiary/aromatic N) is 3. The third-order valence-corrected chi connectivity index (χ3v) is 6.51. The predicted molar refractivity (Wildman–Crippen MR) is 115 cm³/mol. The first kappa shape index (κ1) is 21.8. The molecule has 1 N–H and O–H groups in total. The molecule has 0 unspecified atom stereocenters. The molecule has 0 saturated carbocycles. The molecule has 0 aromatic heterocycles. The predicted octanol–water partition coefficient (Wildman–Crippen LogP) is 1.83. The van der Waals surface area contributed by atoms with Crippen molar-refractivity contribution in [3.63, 3.8) is 0 Å². The van der Waals surface area contributed by atoms with E-state index in [1.54, 1.807) is 19.2 Å². The van der Waals surface area contributed by atoms with Crippen molar-refractivity contribution in [3.8, 4) is 0 Å². The van der Waals surface area contributed by atoms with Crippen molar-refractivity contribution in [2.75, 3.05) is 62.8 Å². The van der Waals surface area contributed by atoms with E-state index in [4.69, 9.17) is 9.47 Å². The van der Waals surface area contributed by atoms with Crippen molar-refractivity contribution in [3.05, 3.63) is 24.0 Å². The van der Waals surface area contributed by atoms with Crippen LogP contribution in [0.25, 0.3) is 0 Å². The Labute approximate surface area is 182 Å². The van der Waals surface area contributed by atoms with E-state index in [0.29, 0.717) is 29.9 Å². The summed E-state index contributed by atoms with van der Waals surface area (Å²) >= 11 is 0. The summed E-state index contributed by atoms with van der Waals surface area (Å²) in [5, 5.41) is 2.64. The fraction of sp³-hybridized carbons (Fsp3) is 0.636. The van der Waals surface area contributed by atoms with Gasteiger partial charge in [0.05, 0.1) is 31.1 Å². The van der Waals surface area contributed by atoms with Crippen molar-refractivity contribution in [1.82, 2.24) is 10.2 Å². The topological polar surface area (TPSA) is 74.3 Å². The van der Waals surface area contributed by atoms with Crippen molar-refractivity contribution in [2.45, 2.75) is 31.9 Å². The SMILES string of the molecule is COCCN1CCC[C@@H]2CN(c3ccc(N4C[C@H](CNC(C)=O)OC4=O)cc3F)C[C@@H]21. The summed E-state index contributed by atoms with van der Waals surface area (Å²) in [5.41, 5.74) is 1.04. The van der Waals surface area contributed by atoms with Gasteiger partial charge in [0.15, 0.2) is 0 Å². The third kappa shape index (κ3) is 4.77.